The van der Waals surface area contributed by atoms with Crippen LogP contribution in [0.25, 0.3) is 0 Å². The van der Waals surface area contributed by atoms with Crippen LogP contribution in [0.5, 0.6) is 0 Å². The summed E-state index contributed by atoms with van der Waals surface area (Å²) in [4.78, 5) is 47.4. The minimum absolute atomic E-state index is 0.0681. The number of carbonyl (C=O) groups is 4. The molecule has 7 heteroatoms. The number of aliphatic carboxylic acids is 2. The zero-order valence-electron chi connectivity index (χ0n) is 11.9. The average molecular weight is 305 g/mol. The van der Waals surface area contributed by atoms with E-state index in [1.54, 1.807) is 19.1 Å². The highest BCUT2D eigenvalue weighted by Crippen LogP contribution is 2.28. The van der Waals surface area contributed by atoms with Crippen molar-refractivity contribution in [1.82, 2.24) is 4.90 Å². The highest BCUT2D eigenvalue weighted by Gasteiger charge is 2.43. The number of hydrogen-bond donors (Lipinski definition) is 2. The Morgan fingerprint density at radius 2 is 1.86 bits per heavy atom. The summed E-state index contributed by atoms with van der Waals surface area (Å²) in [6.07, 6.45) is -0.239. The van der Waals surface area contributed by atoms with E-state index in [9.17, 15) is 24.3 Å². The van der Waals surface area contributed by atoms with Gasteiger partial charge in [-0.1, -0.05) is 12.1 Å². The minimum atomic E-state index is -1.36. The third-order valence-corrected chi connectivity index (χ3v) is 3.62. The maximum Gasteiger partial charge on any atom is 0.326 e. The predicted octanol–water partition coefficient (Wildman–Crippen LogP) is 1.30. The summed E-state index contributed by atoms with van der Waals surface area (Å²) in [6, 6.07) is 3.43. The molecule has 0 fully saturated rings. The molecule has 1 heterocycles. The number of aryl methyl sites for hydroxylation is 1. The fraction of sp³-hybridized carbons (Fsp3) is 0.333. The van der Waals surface area contributed by atoms with Crippen LogP contribution in [0.2, 0.25) is 0 Å². The molecule has 2 rings (SSSR count). The molecule has 7 nitrogen and oxygen atoms in total. The van der Waals surface area contributed by atoms with Crippen LogP contribution in [0.15, 0.2) is 18.2 Å². The number of carbonyl (C=O) groups excluding carboxylic acids is 2. The molecule has 1 aromatic carbocycles. The van der Waals surface area contributed by atoms with Crippen molar-refractivity contribution in [2.75, 3.05) is 0 Å². The topological polar surface area (TPSA) is 112 Å². The average Bonchev–Trinajstić information content (AvgIpc) is 2.68. The zero-order valence-corrected chi connectivity index (χ0v) is 11.9. The van der Waals surface area contributed by atoms with Crippen molar-refractivity contribution in [2.24, 2.45) is 0 Å². The van der Waals surface area contributed by atoms with Gasteiger partial charge in [0.1, 0.15) is 6.04 Å². The number of rotatable bonds is 6. The Bertz CT molecular complexity index is 666. The zero-order chi connectivity index (χ0) is 16.4. The number of benzene rings is 1. The third kappa shape index (κ3) is 2.69. The van der Waals surface area contributed by atoms with E-state index >= 15 is 0 Å². The van der Waals surface area contributed by atoms with Crippen LogP contribution in [-0.4, -0.2) is 44.9 Å². The van der Waals surface area contributed by atoms with Crippen molar-refractivity contribution in [3.8, 4) is 0 Å². The fourth-order valence-electron chi connectivity index (χ4n) is 2.57. The lowest BCUT2D eigenvalue weighted by Gasteiger charge is -2.22. The molecule has 0 bridgehead atoms. The highest BCUT2D eigenvalue weighted by molar-refractivity contribution is 6.23. The number of imide groups is 1. The van der Waals surface area contributed by atoms with E-state index in [4.69, 9.17) is 5.11 Å². The maximum atomic E-state index is 12.4. The largest absolute Gasteiger partial charge is 0.481 e. The molecule has 1 aliphatic heterocycles. The molecule has 0 saturated heterocycles. The van der Waals surface area contributed by atoms with Crippen LogP contribution in [-0.2, 0) is 9.59 Å². The van der Waals surface area contributed by atoms with Gasteiger partial charge in [-0.25, -0.2) is 4.79 Å². The number of carboxylic acid groups (broad SMARTS) is 2. The second kappa shape index (κ2) is 5.97. The standard InChI is InChI=1S/C15H15NO6/c1-8-4-2-5-9-12(8)14(20)16(13(9)19)10(15(21)22)6-3-7-11(17)18/h2,4-5,10H,3,6-7H2,1H3,(H,17,18)(H,21,22). The van der Waals surface area contributed by atoms with Crippen molar-refractivity contribution >= 4 is 23.8 Å². The Morgan fingerprint density at radius 3 is 2.41 bits per heavy atom. The van der Waals surface area contributed by atoms with Gasteiger partial charge in [0.25, 0.3) is 11.8 Å². The molecule has 0 radical (unpaired) electrons. The van der Waals surface area contributed by atoms with Gasteiger partial charge in [0.2, 0.25) is 0 Å². The molecular weight excluding hydrogens is 290 g/mol. The summed E-state index contributed by atoms with van der Waals surface area (Å²) in [5, 5.41) is 17.9. The van der Waals surface area contributed by atoms with E-state index in [2.05, 4.69) is 0 Å². The molecule has 0 aromatic heterocycles. The smallest absolute Gasteiger partial charge is 0.326 e. The minimum Gasteiger partial charge on any atom is -0.481 e. The first kappa shape index (κ1) is 15.7. The lowest BCUT2D eigenvalue weighted by atomic mass is 10.0. The van der Waals surface area contributed by atoms with Crippen molar-refractivity contribution in [1.29, 1.82) is 0 Å². The van der Waals surface area contributed by atoms with Crippen molar-refractivity contribution in [2.45, 2.75) is 32.2 Å². The van der Waals surface area contributed by atoms with Gasteiger partial charge in [-0.2, -0.15) is 0 Å². The predicted molar refractivity (Wildman–Crippen MR) is 74.6 cm³/mol. The first-order chi connectivity index (χ1) is 10.3. The maximum absolute atomic E-state index is 12.4. The normalized spacial score (nSPS) is 14.9. The summed E-state index contributed by atoms with van der Waals surface area (Å²) < 4.78 is 0. The lowest BCUT2D eigenvalue weighted by Crippen LogP contribution is -2.44. The molecule has 22 heavy (non-hydrogen) atoms. The van der Waals surface area contributed by atoms with Crippen molar-refractivity contribution < 1.29 is 29.4 Å². The van der Waals surface area contributed by atoms with Gasteiger partial charge >= 0.3 is 11.9 Å². The molecular formula is C15H15NO6. The molecule has 2 N–H and O–H groups in total. The summed E-state index contributed by atoms with van der Waals surface area (Å²) in [5.74, 6) is -3.66. The Hall–Kier alpha value is -2.70. The number of hydrogen-bond acceptors (Lipinski definition) is 4. The number of amides is 2. The quantitative estimate of drug-likeness (QED) is 0.766. The van der Waals surface area contributed by atoms with Crippen molar-refractivity contribution in [3.63, 3.8) is 0 Å². The molecule has 116 valence electrons. The Kier molecular flexibility index (Phi) is 4.25. The highest BCUT2D eigenvalue weighted by atomic mass is 16.4. The van der Waals surface area contributed by atoms with Gasteiger partial charge in [-0.05, 0) is 31.4 Å². The van der Waals surface area contributed by atoms with Gasteiger partial charge in [-0.15, -0.1) is 0 Å². The van der Waals surface area contributed by atoms with Crippen LogP contribution in [0.4, 0.5) is 0 Å². The van der Waals surface area contributed by atoms with Crippen LogP contribution >= 0.6 is 0 Å². The van der Waals surface area contributed by atoms with E-state index in [1.807, 2.05) is 0 Å². The SMILES string of the molecule is Cc1cccc2c1C(=O)N(C(CCCC(=O)O)C(=O)O)C2=O. The molecule has 1 aromatic rings. The first-order valence-electron chi connectivity index (χ1n) is 6.76. The Balaban J connectivity index is 2.29. The van der Waals surface area contributed by atoms with E-state index in [0.29, 0.717) is 5.56 Å². The van der Waals surface area contributed by atoms with E-state index in [1.165, 1.54) is 6.07 Å². The molecule has 1 aliphatic rings. The van der Waals surface area contributed by atoms with E-state index in [0.717, 1.165) is 4.90 Å². The second-order valence-corrected chi connectivity index (χ2v) is 5.12. The summed E-state index contributed by atoms with van der Waals surface area (Å²) in [5.41, 5.74) is 1.01. The third-order valence-electron chi connectivity index (χ3n) is 3.62. The number of fused-ring (bicyclic) bond motifs is 1. The summed E-state index contributed by atoms with van der Waals surface area (Å²) in [6.45, 7) is 1.67. The van der Waals surface area contributed by atoms with Crippen LogP contribution in [0.3, 0.4) is 0 Å². The van der Waals surface area contributed by atoms with Gasteiger partial charge in [0, 0.05) is 6.42 Å². The van der Waals surface area contributed by atoms with Crippen LogP contribution in [0.1, 0.15) is 45.5 Å². The summed E-state index contributed by atoms with van der Waals surface area (Å²) in [7, 11) is 0. The number of carboxylic acids is 2. The summed E-state index contributed by atoms with van der Waals surface area (Å²) >= 11 is 0. The molecule has 2 amide bonds. The van der Waals surface area contributed by atoms with E-state index < -0.39 is 29.8 Å². The molecule has 0 spiro atoms. The molecule has 1 atom stereocenters. The molecule has 1 unspecified atom stereocenters. The van der Waals surface area contributed by atoms with Crippen molar-refractivity contribution in [3.05, 3.63) is 34.9 Å². The molecule has 0 aliphatic carbocycles. The second-order valence-electron chi connectivity index (χ2n) is 5.12. The Labute approximate surface area is 126 Å². The first-order valence-corrected chi connectivity index (χ1v) is 6.76. The van der Waals surface area contributed by atoms with Gasteiger partial charge in [-0.3, -0.25) is 19.3 Å². The molecule has 0 saturated carbocycles. The van der Waals surface area contributed by atoms with Crippen LogP contribution < -0.4 is 0 Å². The van der Waals surface area contributed by atoms with Crippen LogP contribution in [0, 0.1) is 6.92 Å². The van der Waals surface area contributed by atoms with Gasteiger partial charge in [0.05, 0.1) is 11.1 Å². The fourth-order valence-corrected chi connectivity index (χ4v) is 2.57. The van der Waals surface area contributed by atoms with Gasteiger partial charge in [0.15, 0.2) is 0 Å². The van der Waals surface area contributed by atoms with E-state index in [-0.39, 0.29) is 30.4 Å². The monoisotopic (exact) mass is 305 g/mol. The Morgan fingerprint density at radius 1 is 1.18 bits per heavy atom. The van der Waals surface area contributed by atoms with Gasteiger partial charge < -0.3 is 10.2 Å². The lowest BCUT2D eigenvalue weighted by molar-refractivity contribution is -0.142. The number of nitrogens with zero attached hydrogens (tertiary/aromatic N) is 1.